The molecule has 158 valence electrons. The first-order valence-corrected chi connectivity index (χ1v) is 10.4. The molecule has 1 N–H and O–H groups in total. The Morgan fingerprint density at radius 2 is 1.87 bits per heavy atom. The van der Waals surface area contributed by atoms with E-state index in [1.807, 2.05) is 24.3 Å². The Bertz CT molecular complexity index is 903. The molecular formula is C23H26FN3O3. The van der Waals surface area contributed by atoms with E-state index >= 15 is 0 Å². The van der Waals surface area contributed by atoms with Gasteiger partial charge in [0.25, 0.3) is 0 Å². The van der Waals surface area contributed by atoms with Crippen LogP contribution in [-0.4, -0.2) is 44.6 Å². The summed E-state index contributed by atoms with van der Waals surface area (Å²) < 4.78 is 18.7. The number of nitrogens with zero attached hydrogens (tertiary/aromatic N) is 2. The fraction of sp³-hybridized carbons (Fsp3) is 0.391. The Morgan fingerprint density at radius 3 is 2.70 bits per heavy atom. The Kier molecular flexibility index (Phi) is 6.16. The van der Waals surface area contributed by atoms with E-state index in [4.69, 9.17) is 4.74 Å². The molecule has 1 saturated heterocycles. The van der Waals surface area contributed by atoms with Gasteiger partial charge in [-0.25, -0.2) is 4.39 Å². The molecule has 1 atom stereocenters. The van der Waals surface area contributed by atoms with E-state index in [-0.39, 0.29) is 30.5 Å². The molecule has 2 aromatic rings. The van der Waals surface area contributed by atoms with Crippen LogP contribution >= 0.6 is 0 Å². The van der Waals surface area contributed by atoms with Crippen LogP contribution in [0.5, 0.6) is 5.75 Å². The summed E-state index contributed by atoms with van der Waals surface area (Å²) in [7, 11) is 0. The standard InChI is InChI=1S/C23H26FN3O3/c24-18-5-7-19(8-6-18)26-12-11-17(16-26)15-25-22(28)9-10-23(29)27-13-14-30-21-4-2-1-3-20(21)27/h1-8,17H,9-16H2,(H,25,28). The van der Waals surface area contributed by atoms with Crippen LogP contribution in [0, 0.1) is 11.7 Å². The Labute approximate surface area is 175 Å². The van der Waals surface area contributed by atoms with Crippen LogP contribution in [0.1, 0.15) is 19.3 Å². The van der Waals surface area contributed by atoms with E-state index in [0.717, 1.165) is 30.9 Å². The predicted octanol–water partition coefficient (Wildman–Crippen LogP) is 2.97. The lowest BCUT2D eigenvalue weighted by Crippen LogP contribution is -2.38. The average molecular weight is 411 g/mol. The van der Waals surface area contributed by atoms with Crippen LogP contribution in [0.3, 0.4) is 0 Å². The summed E-state index contributed by atoms with van der Waals surface area (Å²) in [5.74, 6) is 0.639. The highest BCUT2D eigenvalue weighted by atomic mass is 19.1. The van der Waals surface area contributed by atoms with Crippen LogP contribution in [-0.2, 0) is 9.59 Å². The number of benzene rings is 2. The maximum atomic E-state index is 13.1. The predicted molar refractivity (Wildman–Crippen MR) is 113 cm³/mol. The Morgan fingerprint density at radius 1 is 1.07 bits per heavy atom. The number of rotatable bonds is 6. The molecule has 0 aromatic heterocycles. The van der Waals surface area contributed by atoms with Crippen LogP contribution in [0.15, 0.2) is 48.5 Å². The zero-order chi connectivity index (χ0) is 20.9. The van der Waals surface area contributed by atoms with Crippen LogP contribution in [0.25, 0.3) is 0 Å². The molecule has 30 heavy (non-hydrogen) atoms. The van der Waals surface area contributed by atoms with Crippen molar-refractivity contribution in [2.45, 2.75) is 19.3 Å². The molecule has 2 heterocycles. The molecule has 0 bridgehead atoms. The maximum Gasteiger partial charge on any atom is 0.227 e. The first-order valence-electron chi connectivity index (χ1n) is 10.4. The van der Waals surface area contributed by atoms with Crippen LogP contribution < -0.4 is 19.9 Å². The molecule has 2 aromatic carbocycles. The summed E-state index contributed by atoms with van der Waals surface area (Å²) in [4.78, 5) is 28.8. The van der Waals surface area contributed by atoms with Gasteiger partial charge < -0.3 is 19.9 Å². The first kappa shape index (κ1) is 20.2. The minimum absolute atomic E-state index is 0.0655. The van der Waals surface area contributed by atoms with Gasteiger partial charge in [0.1, 0.15) is 18.2 Å². The van der Waals surface area contributed by atoms with Gasteiger partial charge in [-0.1, -0.05) is 12.1 Å². The molecule has 2 aliphatic heterocycles. The van der Waals surface area contributed by atoms with Crippen molar-refractivity contribution in [2.24, 2.45) is 5.92 Å². The quantitative estimate of drug-likeness (QED) is 0.794. The molecular weight excluding hydrogens is 385 g/mol. The van der Waals surface area contributed by atoms with E-state index in [9.17, 15) is 14.0 Å². The number of nitrogens with one attached hydrogen (secondary N) is 1. The summed E-state index contributed by atoms with van der Waals surface area (Å²) in [6.45, 7) is 3.27. The number of carbonyl (C=O) groups excluding carboxylic acids is 2. The fourth-order valence-electron chi connectivity index (χ4n) is 4.02. The molecule has 2 aliphatic rings. The second kappa shape index (κ2) is 9.15. The maximum absolute atomic E-state index is 13.1. The van der Waals surface area contributed by atoms with Crippen molar-refractivity contribution >= 4 is 23.2 Å². The van der Waals surface area contributed by atoms with Crippen molar-refractivity contribution in [2.75, 3.05) is 42.6 Å². The molecule has 0 spiro atoms. The molecule has 0 saturated carbocycles. The van der Waals surface area contributed by atoms with Gasteiger partial charge in [-0.15, -0.1) is 0 Å². The van der Waals surface area contributed by atoms with E-state index in [0.29, 0.717) is 31.4 Å². The molecule has 4 rings (SSSR count). The number of hydrogen-bond acceptors (Lipinski definition) is 4. The van der Waals surface area contributed by atoms with Crippen molar-refractivity contribution in [3.63, 3.8) is 0 Å². The zero-order valence-corrected chi connectivity index (χ0v) is 16.9. The largest absolute Gasteiger partial charge is 0.490 e. The minimum Gasteiger partial charge on any atom is -0.490 e. The number of anilines is 2. The smallest absolute Gasteiger partial charge is 0.227 e. The van der Waals surface area contributed by atoms with Crippen molar-refractivity contribution in [3.05, 3.63) is 54.3 Å². The van der Waals surface area contributed by atoms with Gasteiger partial charge in [0.15, 0.2) is 0 Å². The van der Waals surface area contributed by atoms with Gasteiger partial charge in [0, 0.05) is 38.2 Å². The lowest BCUT2D eigenvalue weighted by molar-refractivity contribution is -0.125. The minimum atomic E-state index is -0.239. The number of carbonyl (C=O) groups is 2. The number of ether oxygens (including phenoxy) is 1. The molecule has 0 radical (unpaired) electrons. The van der Waals surface area contributed by atoms with Crippen molar-refractivity contribution in [1.82, 2.24) is 5.32 Å². The fourth-order valence-corrected chi connectivity index (χ4v) is 4.02. The number of halogens is 1. The summed E-state index contributed by atoms with van der Waals surface area (Å²) in [6, 6.07) is 14.0. The Balaban J connectivity index is 1.20. The number of amides is 2. The van der Waals surface area contributed by atoms with E-state index in [1.165, 1.54) is 12.1 Å². The number of hydrogen-bond donors (Lipinski definition) is 1. The van der Waals surface area contributed by atoms with Crippen LogP contribution in [0.4, 0.5) is 15.8 Å². The monoisotopic (exact) mass is 411 g/mol. The van der Waals surface area contributed by atoms with Gasteiger partial charge >= 0.3 is 0 Å². The van der Waals surface area contributed by atoms with Gasteiger partial charge in [0.05, 0.1) is 12.2 Å². The van der Waals surface area contributed by atoms with Gasteiger partial charge in [0.2, 0.25) is 11.8 Å². The van der Waals surface area contributed by atoms with E-state index < -0.39 is 0 Å². The highest BCUT2D eigenvalue weighted by Crippen LogP contribution is 2.31. The van der Waals surface area contributed by atoms with Crippen molar-refractivity contribution in [3.8, 4) is 5.75 Å². The molecule has 7 heteroatoms. The molecule has 1 fully saturated rings. The third-order valence-corrected chi connectivity index (χ3v) is 5.66. The van der Waals surface area contributed by atoms with Gasteiger partial charge in [-0.05, 0) is 48.7 Å². The number of para-hydroxylation sites is 2. The summed E-state index contributed by atoms with van der Waals surface area (Å²) >= 11 is 0. The highest BCUT2D eigenvalue weighted by Gasteiger charge is 2.25. The highest BCUT2D eigenvalue weighted by molar-refractivity contribution is 5.97. The van der Waals surface area contributed by atoms with Crippen molar-refractivity contribution < 1.29 is 18.7 Å². The summed E-state index contributed by atoms with van der Waals surface area (Å²) in [6.07, 6.45) is 1.32. The first-order chi connectivity index (χ1) is 14.6. The summed E-state index contributed by atoms with van der Waals surface area (Å²) in [5, 5.41) is 2.96. The molecule has 1 unspecified atom stereocenters. The third kappa shape index (κ3) is 4.72. The SMILES string of the molecule is O=C(CCC(=O)N1CCOc2ccccc21)NCC1CCN(c2ccc(F)cc2)C1. The Hall–Kier alpha value is -3.09. The second-order valence-corrected chi connectivity index (χ2v) is 7.74. The normalized spacial score (nSPS) is 18.0. The topological polar surface area (TPSA) is 61.9 Å². The van der Waals surface area contributed by atoms with Crippen molar-refractivity contribution in [1.29, 1.82) is 0 Å². The lowest BCUT2D eigenvalue weighted by atomic mass is 10.1. The third-order valence-electron chi connectivity index (χ3n) is 5.66. The molecule has 6 nitrogen and oxygen atoms in total. The molecule has 0 aliphatic carbocycles. The lowest BCUT2D eigenvalue weighted by Gasteiger charge is -2.29. The zero-order valence-electron chi connectivity index (χ0n) is 16.9. The average Bonchev–Trinajstić information content (AvgIpc) is 3.25. The summed E-state index contributed by atoms with van der Waals surface area (Å²) in [5.41, 5.74) is 1.77. The van der Waals surface area contributed by atoms with E-state index in [1.54, 1.807) is 17.0 Å². The molecule has 2 amide bonds. The van der Waals surface area contributed by atoms with E-state index in [2.05, 4.69) is 10.2 Å². The second-order valence-electron chi connectivity index (χ2n) is 7.74. The van der Waals surface area contributed by atoms with Gasteiger partial charge in [-0.2, -0.15) is 0 Å². The van der Waals surface area contributed by atoms with Crippen LogP contribution in [0.2, 0.25) is 0 Å². The van der Waals surface area contributed by atoms with Gasteiger partial charge in [-0.3, -0.25) is 9.59 Å². The number of fused-ring (bicyclic) bond motifs is 1.